The van der Waals surface area contributed by atoms with Gasteiger partial charge < -0.3 is 4.90 Å². The molecular weight excluding hydrogens is 422 g/mol. The summed E-state index contributed by atoms with van der Waals surface area (Å²) in [6, 6.07) is 2.55. The van der Waals surface area contributed by atoms with E-state index < -0.39 is 29.3 Å². The molecule has 3 aliphatic rings. The molecule has 33 heavy (non-hydrogen) atoms. The third-order valence-corrected chi connectivity index (χ3v) is 7.22. The minimum absolute atomic E-state index is 0.0466. The zero-order valence-electron chi connectivity index (χ0n) is 19.3. The van der Waals surface area contributed by atoms with Crippen LogP contribution in [0.3, 0.4) is 0 Å². The highest BCUT2D eigenvalue weighted by molar-refractivity contribution is 6.20. The number of pyridine rings is 1. The van der Waals surface area contributed by atoms with Gasteiger partial charge in [-0.2, -0.15) is 0 Å². The monoisotopic (exact) mass is 451 g/mol. The highest BCUT2D eigenvalue weighted by atomic mass is 16.2. The van der Waals surface area contributed by atoms with Gasteiger partial charge >= 0.3 is 6.03 Å². The Morgan fingerprint density at radius 2 is 1.97 bits per heavy atom. The van der Waals surface area contributed by atoms with E-state index in [0.29, 0.717) is 30.0 Å². The number of hydrogen-bond acceptors (Lipinski definition) is 6. The van der Waals surface area contributed by atoms with Crippen LogP contribution in [-0.4, -0.2) is 51.3 Å². The van der Waals surface area contributed by atoms with E-state index in [-0.39, 0.29) is 24.4 Å². The number of imide groups is 2. The number of rotatable bonds is 2. The Kier molecular flexibility index (Phi) is 5.02. The van der Waals surface area contributed by atoms with Crippen molar-refractivity contribution in [1.29, 1.82) is 0 Å². The molecule has 3 aliphatic heterocycles. The van der Waals surface area contributed by atoms with E-state index >= 15 is 0 Å². The zero-order chi connectivity index (χ0) is 23.5. The number of nitrogens with zero attached hydrogens (tertiary/aromatic N) is 4. The second-order valence-corrected chi connectivity index (χ2v) is 9.88. The van der Waals surface area contributed by atoms with Gasteiger partial charge in [-0.25, -0.2) is 9.78 Å². The standard InChI is InChI=1S/C24H29N5O4/c1-14(2)13-29-22(32)24(21(31)26-23(29)33)12-16-19(27-10-6-4-5-9-17(24)27)25-18-15(3)8-7-11-28(18)20(16)30/h7-8,11,14,17H,4-6,9-10,12-13H2,1-3H3,(H,26,31,33). The summed E-state index contributed by atoms with van der Waals surface area (Å²) in [5.41, 5.74) is 0.0201. The van der Waals surface area contributed by atoms with E-state index in [1.807, 2.05) is 31.7 Å². The summed E-state index contributed by atoms with van der Waals surface area (Å²) < 4.78 is 1.49. The molecule has 2 aromatic rings. The van der Waals surface area contributed by atoms with Gasteiger partial charge in [0.1, 0.15) is 11.5 Å². The highest BCUT2D eigenvalue weighted by Crippen LogP contribution is 2.45. The molecule has 1 spiro atoms. The maximum absolute atomic E-state index is 14.0. The summed E-state index contributed by atoms with van der Waals surface area (Å²) in [4.78, 5) is 61.7. The van der Waals surface area contributed by atoms with Crippen molar-refractivity contribution in [1.82, 2.24) is 19.6 Å². The molecule has 0 aromatic carbocycles. The van der Waals surface area contributed by atoms with Gasteiger partial charge in [-0.3, -0.25) is 29.0 Å². The first-order valence-corrected chi connectivity index (χ1v) is 11.7. The van der Waals surface area contributed by atoms with E-state index in [0.717, 1.165) is 29.7 Å². The fourth-order valence-corrected chi connectivity index (χ4v) is 5.67. The van der Waals surface area contributed by atoms with E-state index in [2.05, 4.69) is 5.32 Å². The lowest BCUT2D eigenvalue weighted by atomic mass is 9.68. The largest absolute Gasteiger partial charge is 0.352 e. The Hall–Kier alpha value is -3.23. The molecule has 0 bridgehead atoms. The smallest absolute Gasteiger partial charge is 0.330 e. The number of fused-ring (bicyclic) bond motifs is 5. The van der Waals surface area contributed by atoms with Crippen molar-refractivity contribution < 1.29 is 14.4 Å². The van der Waals surface area contributed by atoms with E-state index in [4.69, 9.17) is 4.98 Å². The molecule has 9 heteroatoms. The number of hydrogen-bond donors (Lipinski definition) is 1. The summed E-state index contributed by atoms with van der Waals surface area (Å²) in [5, 5.41) is 2.45. The Labute approximate surface area is 191 Å². The summed E-state index contributed by atoms with van der Waals surface area (Å²) in [7, 11) is 0. The minimum atomic E-state index is -1.53. The van der Waals surface area contributed by atoms with Crippen molar-refractivity contribution in [2.75, 3.05) is 18.0 Å². The van der Waals surface area contributed by atoms with Crippen LogP contribution in [0.2, 0.25) is 0 Å². The maximum Gasteiger partial charge on any atom is 0.330 e. The molecule has 2 atom stereocenters. The van der Waals surface area contributed by atoms with Gasteiger partial charge in [0.2, 0.25) is 11.8 Å². The van der Waals surface area contributed by atoms with Crippen LogP contribution in [0.4, 0.5) is 10.6 Å². The first-order chi connectivity index (χ1) is 15.8. The first kappa shape index (κ1) is 21.6. The molecule has 2 unspecified atom stereocenters. The summed E-state index contributed by atoms with van der Waals surface area (Å²) in [5.74, 6) is -0.486. The number of nitrogens with one attached hydrogen (secondary N) is 1. The van der Waals surface area contributed by atoms with Crippen LogP contribution in [0.15, 0.2) is 23.1 Å². The average Bonchev–Trinajstić information content (AvgIpc) is 3.03. The molecule has 2 saturated heterocycles. The number of carbonyl (C=O) groups excluding carboxylic acids is 3. The number of barbiturate groups is 1. The second kappa shape index (κ2) is 7.67. The van der Waals surface area contributed by atoms with Gasteiger partial charge in [0.15, 0.2) is 5.41 Å². The van der Waals surface area contributed by atoms with E-state index in [1.165, 1.54) is 4.40 Å². The molecule has 0 radical (unpaired) electrons. The second-order valence-electron chi connectivity index (χ2n) is 9.88. The van der Waals surface area contributed by atoms with Crippen molar-refractivity contribution >= 4 is 29.3 Å². The molecule has 5 rings (SSSR count). The summed E-state index contributed by atoms with van der Waals surface area (Å²) >= 11 is 0. The summed E-state index contributed by atoms with van der Waals surface area (Å²) in [6.45, 7) is 6.57. The van der Waals surface area contributed by atoms with Crippen molar-refractivity contribution in [2.24, 2.45) is 11.3 Å². The fraction of sp³-hybridized carbons (Fsp3) is 0.542. The topological polar surface area (TPSA) is 104 Å². The molecule has 5 heterocycles. The molecule has 1 N–H and O–H groups in total. The van der Waals surface area contributed by atoms with Crippen LogP contribution < -0.4 is 15.8 Å². The molecule has 2 fully saturated rings. The minimum Gasteiger partial charge on any atom is -0.352 e. The van der Waals surface area contributed by atoms with Crippen LogP contribution in [0.25, 0.3) is 5.65 Å². The van der Waals surface area contributed by atoms with Crippen LogP contribution >= 0.6 is 0 Å². The van der Waals surface area contributed by atoms with Gasteiger partial charge in [0.05, 0.1) is 11.6 Å². The quantitative estimate of drug-likeness (QED) is 0.701. The Morgan fingerprint density at radius 3 is 2.73 bits per heavy atom. The van der Waals surface area contributed by atoms with Gasteiger partial charge in [-0.1, -0.05) is 32.8 Å². The molecule has 4 amide bonds. The number of aromatic nitrogens is 2. The van der Waals surface area contributed by atoms with Crippen molar-refractivity contribution in [2.45, 2.75) is 58.9 Å². The number of anilines is 1. The lowest BCUT2D eigenvalue weighted by Crippen LogP contribution is -2.72. The SMILES string of the molecule is Cc1cccn2c(=O)c3c(nc12)N1CCCCCC1C1(C3)C(=O)NC(=O)N(CC(C)C)C1=O. The molecule has 0 aliphatic carbocycles. The lowest BCUT2D eigenvalue weighted by Gasteiger charge is -2.50. The number of urea groups is 1. The van der Waals surface area contributed by atoms with Gasteiger partial charge in [0.25, 0.3) is 5.56 Å². The molecule has 2 aromatic heterocycles. The molecule has 0 saturated carbocycles. The Morgan fingerprint density at radius 1 is 1.18 bits per heavy atom. The van der Waals surface area contributed by atoms with Crippen molar-refractivity contribution in [3.8, 4) is 0 Å². The fourth-order valence-electron chi connectivity index (χ4n) is 5.67. The predicted molar refractivity (Wildman–Crippen MR) is 122 cm³/mol. The van der Waals surface area contributed by atoms with E-state index in [1.54, 1.807) is 12.3 Å². The van der Waals surface area contributed by atoms with Crippen molar-refractivity contribution in [3.05, 3.63) is 39.8 Å². The van der Waals surface area contributed by atoms with Gasteiger partial charge in [-0.05, 0) is 37.3 Å². The van der Waals surface area contributed by atoms with Crippen LogP contribution in [0.5, 0.6) is 0 Å². The van der Waals surface area contributed by atoms with Crippen LogP contribution in [-0.2, 0) is 16.0 Å². The van der Waals surface area contributed by atoms with Crippen molar-refractivity contribution in [3.63, 3.8) is 0 Å². The normalized spacial score (nSPS) is 25.3. The summed E-state index contributed by atoms with van der Waals surface area (Å²) in [6.07, 6.45) is 4.94. The van der Waals surface area contributed by atoms with Crippen LogP contribution in [0.1, 0.15) is 50.7 Å². The first-order valence-electron chi connectivity index (χ1n) is 11.7. The predicted octanol–water partition coefficient (Wildman–Crippen LogP) is 2.03. The molecule has 174 valence electrons. The van der Waals surface area contributed by atoms with E-state index in [9.17, 15) is 19.2 Å². The molecule has 9 nitrogen and oxygen atoms in total. The zero-order valence-corrected chi connectivity index (χ0v) is 19.3. The Balaban J connectivity index is 1.75. The number of carbonyl (C=O) groups is 3. The maximum atomic E-state index is 14.0. The Bertz CT molecular complexity index is 1240. The third-order valence-electron chi connectivity index (χ3n) is 7.22. The van der Waals surface area contributed by atoms with Crippen LogP contribution in [0, 0.1) is 18.3 Å². The van der Waals surface area contributed by atoms with Gasteiger partial charge in [0, 0.05) is 25.7 Å². The third kappa shape index (κ3) is 3.08. The average molecular weight is 452 g/mol. The highest BCUT2D eigenvalue weighted by Gasteiger charge is 2.62. The number of amides is 4. The lowest BCUT2D eigenvalue weighted by molar-refractivity contribution is -0.154. The van der Waals surface area contributed by atoms with Gasteiger partial charge in [-0.15, -0.1) is 0 Å². The molecular formula is C24H29N5O4. The number of aryl methyl sites for hydroxylation is 1.